The van der Waals surface area contributed by atoms with E-state index >= 15 is 0 Å². The molecule has 0 bridgehead atoms. The SMILES string of the molecule is CC(C)[C@@H]1CC[C@@H](C)C[C@@H]1Oc1ccc(-c2nnc3n2c2nnc(-c4ccc(O[C@H]5C[C@H](C)CC[C@H]5C(C)C)cc4)n2c2nnc(-c4ccc(O[C@H]5C[C@H](C)CC[C@H]5C(C)C)cc4)n32)cc1. The number of nitrogens with zero attached hydrogens (tertiary/aromatic N) is 9. The maximum atomic E-state index is 6.73. The molecule has 66 heavy (non-hydrogen) atoms. The third-order valence-electron chi connectivity index (χ3n) is 15.6. The van der Waals surface area contributed by atoms with Crippen molar-refractivity contribution in [3.8, 4) is 51.4 Å². The van der Waals surface area contributed by atoms with Gasteiger partial charge < -0.3 is 14.2 Å². The molecule has 348 valence electrons. The minimum atomic E-state index is 0.199. The van der Waals surface area contributed by atoms with Crippen LogP contribution in [0.4, 0.5) is 0 Å². The van der Waals surface area contributed by atoms with Gasteiger partial charge in [-0.3, -0.25) is 0 Å². The molecule has 3 fully saturated rings. The third-order valence-corrected chi connectivity index (χ3v) is 15.6. The lowest BCUT2D eigenvalue weighted by Gasteiger charge is -2.37. The molecule has 0 aliphatic heterocycles. The van der Waals surface area contributed by atoms with Crippen molar-refractivity contribution in [1.82, 2.24) is 43.8 Å². The van der Waals surface area contributed by atoms with E-state index in [4.69, 9.17) is 44.8 Å². The summed E-state index contributed by atoms with van der Waals surface area (Å²) in [6, 6.07) is 24.8. The molecule has 0 saturated heterocycles. The maximum Gasteiger partial charge on any atom is 0.247 e. The van der Waals surface area contributed by atoms with E-state index in [1.165, 1.54) is 38.5 Å². The molecule has 3 aliphatic rings. The summed E-state index contributed by atoms with van der Waals surface area (Å²) in [5.41, 5.74) is 2.64. The van der Waals surface area contributed by atoms with Crippen LogP contribution in [0.2, 0.25) is 0 Å². The Morgan fingerprint density at radius 2 is 0.636 bits per heavy atom. The van der Waals surface area contributed by atoms with Gasteiger partial charge in [-0.2, -0.15) is 0 Å². The summed E-state index contributed by atoms with van der Waals surface area (Å²) in [5.74, 6) is 11.4. The first-order valence-corrected chi connectivity index (χ1v) is 25.1. The van der Waals surface area contributed by atoms with Gasteiger partial charge in [0.25, 0.3) is 0 Å². The quantitative estimate of drug-likeness (QED) is 0.118. The molecule has 0 spiro atoms. The molecular weight excluding hydrogens is 823 g/mol. The second-order valence-corrected chi connectivity index (χ2v) is 21.5. The van der Waals surface area contributed by atoms with Gasteiger partial charge in [-0.25, -0.2) is 13.2 Å². The van der Waals surface area contributed by atoms with Crippen LogP contribution in [0.3, 0.4) is 0 Å². The van der Waals surface area contributed by atoms with Crippen LogP contribution in [0.15, 0.2) is 72.8 Å². The van der Waals surface area contributed by atoms with Crippen molar-refractivity contribution in [3.05, 3.63) is 72.8 Å². The second kappa shape index (κ2) is 18.3. The van der Waals surface area contributed by atoms with Gasteiger partial charge in [0, 0.05) is 16.7 Å². The van der Waals surface area contributed by atoms with Crippen molar-refractivity contribution in [2.75, 3.05) is 0 Å². The van der Waals surface area contributed by atoms with E-state index < -0.39 is 0 Å². The van der Waals surface area contributed by atoms with Crippen LogP contribution in [-0.2, 0) is 0 Å². The predicted molar refractivity (Wildman–Crippen MR) is 260 cm³/mol. The monoisotopic (exact) mass is 892 g/mol. The minimum absolute atomic E-state index is 0.199. The fourth-order valence-electron chi connectivity index (χ4n) is 11.7. The first kappa shape index (κ1) is 44.3. The summed E-state index contributed by atoms with van der Waals surface area (Å²) in [7, 11) is 0. The van der Waals surface area contributed by atoms with Crippen LogP contribution < -0.4 is 14.2 Å². The smallest absolute Gasteiger partial charge is 0.247 e. The van der Waals surface area contributed by atoms with Gasteiger partial charge in [0.1, 0.15) is 35.6 Å². The summed E-state index contributed by atoms with van der Waals surface area (Å²) in [5, 5.41) is 29.0. The molecule has 4 heterocycles. The van der Waals surface area contributed by atoms with Crippen molar-refractivity contribution >= 4 is 17.3 Å². The van der Waals surface area contributed by atoms with Crippen LogP contribution in [0.1, 0.15) is 120 Å². The molecule has 3 aromatic carbocycles. The van der Waals surface area contributed by atoms with Crippen LogP contribution in [0.25, 0.3) is 51.5 Å². The number of rotatable bonds is 12. The Kier molecular flexibility index (Phi) is 12.3. The average molecular weight is 892 g/mol. The normalized spacial score (nSPS) is 26.3. The molecule has 3 aliphatic carbocycles. The first-order chi connectivity index (χ1) is 31.9. The molecule has 10 rings (SSSR count). The Labute approximate surface area is 389 Å². The Morgan fingerprint density at radius 3 is 0.879 bits per heavy atom. The molecule has 0 unspecified atom stereocenters. The number of fused-ring (bicyclic) bond motifs is 6. The summed E-state index contributed by atoms with van der Waals surface area (Å²) in [6.45, 7) is 20.9. The fraction of sp³-hybridized carbons (Fsp3) is 0.556. The molecule has 0 amide bonds. The molecule has 0 radical (unpaired) electrons. The van der Waals surface area contributed by atoms with Crippen molar-refractivity contribution < 1.29 is 14.2 Å². The van der Waals surface area contributed by atoms with E-state index in [1.54, 1.807) is 0 Å². The van der Waals surface area contributed by atoms with Gasteiger partial charge in [0.05, 0.1) is 0 Å². The molecule has 12 heteroatoms. The van der Waals surface area contributed by atoms with Gasteiger partial charge >= 0.3 is 0 Å². The zero-order chi connectivity index (χ0) is 45.8. The van der Waals surface area contributed by atoms with Gasteiger partial charge in [-0.15, -0.1) is 30.6 Å². The Hall–Kier alpha value is -5.52. The highest BCUT2D eigenvalue weighted by molar-refractivity contribution is 5.72. The van der Waals surface area contributed by atoms with Gasteiger partial charge in [-0.05, 0) is 165 Å². The Morgan fingerprint density at radius 1 is 0.379 bits per heavy atom. The Bertz CT molecular complexity index is 2420. The lowest BCUT2D eigenvalue weighted by Crippen LogP contribution is -2.36. The zero-order valence-electron chi connectivity index (χ0n) is 40.5. The molecule has 12 nitrogen and oxygen atoms in total. The van der Waals surface area contributed by atoms with E-state index in [9.17, 15) is 0 Å². The Balaban J connectivity index is 1.03. The van der Waals surface area contributed by atoms with Crippen LogP contribution >= 0.6 is 0 Å². The van der Waals surface area contributed by atoms with Gasteiger partial charge in [0.2, 0.25) is 17.3 Å². The molecule has 7 aromatic rings. The zero-order valence-corrected chi connectivity index (χ0v) is 40.5. The molecular formula is C54H69N9O3. The van der Waals surface area contributed by atoms with Gasteiger partial charge in [0.15, 0.2) is 17.5 Å². The van der Waals surface area contributed by atoms with E-state index in [2.05, 4.69) is 135 Å². The summed E-state index contributed by atoms with van der Waals surface area (Å²) >= 11 is 0. The predicted octanol–water partition coefficient (Wildman–Crippen LogP) is 12.3. The van der Waals surface area contributed by atoms with E-state index in [1.807, 2.05) is 13.2 Å². The fourth-order valence-corrected chi connectivity index (χ4v) is 11.7. The number of ether oxygens (including phenoxy) is 3. The van der Waals surface area contributed by atoms with Crippen molar-refractivity contribution in [3.63, 3.8) is 0 Å². The molecule has 3 saturated carbocycles. The van der Waals surface area contributed by atoms with Crippen LogP contribution in [-0.4, -0.2) is 62.1 Å². The summed E-state index contributed by atoms with van der Waals surface area (Å²) in [4.78, 5) is 0. The largest absolute Gasteiger partial charge is 0.490 e. The van der Waals surface area contributed by atoms with Crippen molar-refractivity contribution in [2.45, 2.75) is 138 Å². The minimum Gasteiger partial charge on any atom is -0.490 e. The van der Waals surface area contributed by atoms with E-state index in [0.717, 1.165) is 53.2 Å². The number of hydrogen-bond acceptors (Lipinski definition) is 9. The van der Waals surface area contributed by atoms with Crippen molar-refractivity contribution in [1.29, 1.82) is 0 Å². The van der Waals surface area contributed by atoms with E-state index in [-0.39, 0.29) is 18.3 Å². The highest BCUT2D eigenvalue weighted by Gasteiger charge is 2.35. The lowest BCUT2D eigenvalue weighted by atomic mass is 9.75. The summed E-state index contributed by atoms with van der Waals surface area (Å²) in [6.07, 6.45) is 11.2. The third kappa shape index (κ3) is 8.53. The highest BCUT2D eigenvalue weighted by Crippen LogP contribution is 2.40. The second-order valence-electron chi connectivity index (χ2n) is 21.5. The number of hydrogen-bond donors (Lipinski definition) is 0. The average Bonchev–Trinajstić information content (AvgIpc) is 4.05. The molecule has 9 atom stereocenters. The topological polar surface area (TPSA) is 118 Å². The van der Waals surface area contributed by atoms with Crippen LogP contribution in [0.5, 0.6) is 17.2 Å². The maximum absolute atomic E-state index is 6.73. The number of aromatic nitrogens is 9. The summed E-state index contributed by atoms with van der Waals surface area (Å²) < 4.78 is 26.1. The molecule has 0 N–H and O–H groups in total. The standard InChI is InChI=1S/C54H69N9O3/c1-31(2)43-25-10-34(7)28-46(43)64-40-19-13-37(14-20-40)49-55-58-52-61(49)53-59-56-50(38-15-21-41(22-16-38)65-47-29-35(8)11-26-44(47)32(3)4)63(53)54-60-57-51(62(52)54)39-17-23-42(24-18-39)66-48-30-36(9)12-27-45(48)33(5)6/h13-24,31-36,43-48H,10-12,25-30H2,1-9H3/t34-,35-,36-,43+,44+,45+,46+,47+,48+/m1/s1. The van der Waals surface area contributed by atoms with Crippen LogP contribution in [0, 0.1) is 53.3 Å². The van der Waals surface area contributed by atoms with E-state index in [0.29, 0.717) is 88.1 Å². The van der Waals surface area contributed by atoms with Gasteiger partial charge in [-0.1, -0.05) is 81.6 Å². The highest BCUT2D eigenvalue weighted by atomic mass is 16.5. The first-order valence-electron chi connectivity index (χ1n) is 25.1. The lowest BCUT2D eigenvalue weighted by molar-refractivity contribution is 0.0458. The van der Waals surface area contributed by atoms with Crippen molar-refractivity contribution in [2.24, 2.45) is 53.3 Å². The number of benzene rings is 3. The molecule has 4 aromatic heterocycles.